The van der Waals surface area contributed by atoms with E-state index in [2.05, 4.69) is 37.7 Å². The number of ether oxygens (including phenoxy) is 1. The number of aromatic nitrogens is 1. The number of carbonyl (C=O) groups excluding carboxylic acids is 3. The largest absolute Gasteiger partial charge is 0.466 e. The SMILES string of the molecule is CCOC(=O)CCC(=O)C1C(=O)Nc2cc(Cl)c(CCN3CCN(c4nsc5ccccc45)CC3)cc21. The van der Waals surface area contributed by atoms with Gasteiger partial charge in [0.1, 0.15) is 17.5 Å². The number of Topliss-reactive ketones (excluding diaryl/α,β-unsaturated/α-hetero) is 1. The molecule has 2 aliphatic rings. The van der Waals surface area contributed by atoms with Crippen molar-refractivity contribution in [2.75, 3.05) is 49.5 Å². The van der Waals surface area contributed by atoms with E-state index >= 15 is 0 Å². The molecule has 2 aromatic carbocycles. The summed E-state index contributed by atoms with van der Waals surface area (Å²) >= 11 is 8.09. The zero-order valence-electron chi connectivity index (χ0n) is 20.7. The Kier molecular flexibility index (Phi) is 7.73. The maximum Gasteiger partial charge on any atom is 0.306 e. The number of fused-ring (bicyclic) bond motifs is 2. The summed E-state index contributed by atoms with van der Waals surface area (Å²) in [5, 5.41) is 4.55. The lowest BCUT2D eigenvalue weighted by Gasteiger charge is -2.35. The van der Waals surface area contributed by atoms with Gasteiger partial charge < -0.3 is 15.0 Å². The van der Waals surface area contributed by atoms with Crippen molar-refractivity contribution >= 4 is 62.4 Å². The highest BCUT2D eigenvalue weighted by Crippen LogP contribution is 2.38. The van der Waals surface area contributed by atoms with Crippen LogP contribution >= 0.6 is 23.1 Å². The van der Waals surface area contributed by atoms with Gasteiger partial charge in [-0.15, -0.1) is 0 Å². The van der Waals surface area contributed by atoms with Crippen molar-refractivity contribution in [1.29, 1.82) is 0 Å². The number of anilines is 2. The number of halogens is 1. The van der Waals surface area contributed by atoms with Gasteiger partial charge in [0.05, 0.1) is 17.7 Å². The Bertz CT molecular complexity index is 1340. The number of nitrogens with zero attached hydrogens (tertiary/aromatic N) is 3. The normalized spacial score (nSPS) is 17.6. The van der Waals surface area contributed by atoms with Crippen molar-refractivity contribution in [2.45, 2.75) is 32.1 Å². The number of hydrogen-bond acceptors (Lipinski definition) is 8. The second kappa shape index (κ2) is 11.2. The van der Waals surface area contributed by atoms with Crippen LogP contribution in [0.4, 0.5) is 11.5 Å². The molecule has 37 heavy (non-hydrogen) atoms. The van der Waals surface area contributed by atoms with Gasteiger partial charge in [0.15, 0.2) is 0 Å². The van der Waals surface area contributed by atoms with Crippen molar-refractivity contribution in [3.63, 3.8) is 0 Å². The minimum absolute atomic E-state index is 0.0328. The van der Waals surface area contributed by atoms with Gasteiger partial charge in [-0.1, -0.05) is 29.8 Å². The smallest absolute Gasteiger partial charge is 0.306 e. The average molecular weight is 541 g/mol. The third-order valence-electron chi connectivity index (χ3n) is 6.98. The van der Waals surface area contributed by atoms with Gasteiger partial charge in [-0.05, 0) is 54.2 Å². The summed E-state index contributed by atoms with van der Waals surface area (Å²) in [7, 11) is 0. The summed E-state index contributed by atoms with van der Waals surface area (Å²) in [6.07, 6.45) is 0.644. The summed E-state index contributed by atoms with van der Waals surface area (Å²) in [5.74, 6) is -0.949. The predicted molar refractivity (Wildman–Crippen MR) is 146 cm³/mol. The van der Waals surface area contributed by atoms with Gasteiger partial charge in [0.2, 0.25) is 5.91 Å². The first-order chi connectivity index (χ1) is 17.9. The Labute approximate surface area is 224 Å². The van der Waals surface area contributed by atoms with Crippen molar-refractivity contribution in [2.24, 2.45) is 0 Å². The minimum atomic E-state index is -0.920. The fourth-order valence-electron chi connectivity index (χ4n) is 5.01. The minimum Gasteiger partial charge on any atom is -0.466 e. The number of benzene rings is 2. The quantitative estimate of drug-likeness (QED) is 0.320. The van der Waals surface area contributed by atoms with Gasteiger partial charge in [0, 0.05) is 55.2 Å². The van der Waals surface area contributed by atoms with Crippen LogP contribution in [0.5, 0.6) is 0 Å². The molecule has 1 fully saturated rings. The Morgan fingerprint density at radius 1 is 1.16 bits per heavy atom. The lowest BCUT2D eigenvalue weighted by Crippen LogP contribution is -2.47. The van der Waals surface area contributed by atoms with Crippen LogP contribution in [0.15, 0.2) is 36.4 Å². The summed E-state index contributed by atoms with van der Waals surface area (Å²) in [5.41, 5.74) is 2.11. The van der Waals surface area contributed by atoms with E-state index in [9.17, 15) is 14.4 Å². The van der Waals surface area contributed by atoms with E-state index in [1.807, 2.05) is 12.1 Å². The monoisotopic (exact) mass is 540 g/mol. The van der Waals surface area contributed by atoms with Crippen molar-refractivity contribution in [1.82, 2.24) is 9.27 Å². The van der Waals surface area contributed by atoms with E-state index in [-0.39, 0.29) is 31.1 Å². The lowest BCUT2D eigenvalue weighted by atomic mass is 9.92. The highest BCUT2D eigenvalue weighted by Gasteiger charge is 2.37. The van der Waals surface area contributed by atoms with Crippen LogP contribution in [0.25, 0.3) is 10.1 Å². The molecule has 5 rings (SSSR count). The molecule has 10 heteroatoms. The standard InChI is InChI=1S/C27H29ClN4O4S/c1-2-36-24(34)8-7-22(33)25-19-15-17(20(28)16-21(19)29-27(25)35)9-10-31-11-13-32(14-12-31)26-18-5-3-4-6-23(18)37-30-26/h3-6,15-16,25H,2,7-14H2,1H3,(H,29,35). The Hall–Kier alpha value is -3.01. The van der Waals surface area contributed by atoms with Gasteiger partial charge in [-0.3, -0.25) is 19.3 Å². The van der Waals surface area contributed by atoms with Crippen molar-refractivity contribution in [3.05, 3.63) is 52.5 Å². The van der Waals surface area contributed by atoms with Gasteiger partial charge in [0.25, 0.3) is 0 Å². The number of piperazine rings is 1. The Morgan fingerprint density at radius 3 is 2.73 bits per heavy atom. The van der Waals surface area contributed by atoms with Gasteiger partial charge in [-0.2, -0.15) is 4.37 Å². The van der Waals surface area contributed by atoms with E-state index in [1.54, 1.807) is 13.0 Å². The second-order valence-electron chi connectivity index (χ2n) is 9.31. The van der Waals surface area contributed by atoms with Crippen LogP contribution in [0.1, 0.15) is 36.8 Å². The summed E-state index contributed by atoms with van der Waals surface area (Å²) < 4.78 is 10.8. The van der Waals surface area contributed by atoms with E-state index in [4.69, 9.17) is 16.3 Å². The molecule has 1 aromatic heterocycles. The Morgan fingerprint density at radius 2 is 1.95 bits per heavy atom. The van der Waals surface area contributed by atoms with Crippen LogP contribution in [-0.4, -0.2) is 66.3 Å². The molecule has 0 saturated carbocycles. The summed E-state index contributed by atoms with van der Waals surface area (Å²) in [4.78, 5) is 41.8. The number of amides is 1. The molecule has 1 unspecified atom stereocenters. The summed E-state index contributed by atoms with van der Waals surface area (Å²) in [6, 6.07) is 11.9. The van der Waals surface area contributed by atoms with Crippen molar-refractivity contribution < 1.29 is 19.1 Å². The number of carbonyl (C=O) groups is 3. The molecule has 1 atom stereocenters. The zero-order chi connectivity index (χ0) is 25.9. The maximum atomic E-state index is 12.8. The molecule has 8 nitrogen and oxygen atoms in total. The number of rotatable bonds is 9. The van der Waals surface area contributed by atoms with Crippen LogP contribution in [-0.2, 0) is 25.5 Å². The number of esters is 1. The molecular formula is C27H29ClN4O4S. The molecule has 3 aromatic rings. The fraction of sp³-hybridized carbons (Fsp3) is 0.407. The third-order valence-corrected chi connectivity index (χ3v) is 8.15. The molecule has 194 valence electrons. The van der Waals surface area contributed by atoms with E-state index in [0.717, 1.165) is 44.1 Å². The van der Waals surface area contributed by atoms with Gasteiger partial charge in [-0.25, -0.2) is 0 Å². The molecule has 0 radical (unpaired) electrons. The molecule has 1 amide bonds. The first kappa shape index (κ1) is 25.6. The number of hydrogen-bond donors (Lipinski definition) is 1. The van der Waals surface area contributed by atoms with Crippen LogP contribution in [0, 0.1) is 0 Å². The fourth-order valence-corrected chi connectivity index (χ4v) is 6.06. The molecular weight excluding hydrogens is 512 g/mol. The summed E-state index contributed by atoms with van der Waals surface area (Å²) in [6.45, 7) is 6.45. The number of nitrogens with one attached hydrogen (secondary N) is 1. The van der Waals surface area contributed by atoms with E-state index in [0.29, 0.717) is 22.7 Å². The molecule has 3 heterocycles. The first-order valence-corrected chi connectivity index (χ1v) is 13.7. The van der Waals surface area contributed by atoms with Gasteiger partial charge >= 0.3 is 5.97 Å². The highest BCUT2D eigenvalue weighted by molar-refractivity contribution is 7.13. The maximum absolute atomic E-state index is 12.8. The Balaban J connectivity index is 1.20. The predicted octanol–water partition coefficient (Wildman–Crippen LogP) is 4.26. The molecule has 0 aliphatic carbocycles. The molecule has 0 bridgehead atoms. The van der Waals surface area contributed by atoms with E-state index in [1.165, 1.54) is 21.6 Å². The first-order valence-electron chi connectivity index (χ1n) is 12.6. The second-order valence-corrected chi connectivity index (χ2v) is 10.5. The molecule has 1 saturated heterocycles. The van der Waals surface area contributed by atoms with Crippen LogP contribution < -0.4 is 10.2 Å². The topological polar surface area (TPSA) is 91.8 Å². The van der Waals surface area contributed by atoms with Crippen molar-refractivity contribution in [3.8, 4) is 0 Å². The average Bonchev–Trinajstić information content (AvgIpc) is 3.46. The molecule has 2 aliphatic heterocycles. The lowest BCUT2D eigenvalue weighted by molar-refractivity contribution is -0.144. The van der Waals surface area contributed by atoms with Crippen LogP contribution in [0.2, 0.25) is 5.02 Å². The van der Waals surface area contributed by atoms with E-state index < -0.39 is 11.9 Å². The van der Waals surface area contributed by atoms with Crippen LogP contribution in [0.3, 0.4) is 0 Å². The highest BCUT2D eigenvalue weighted by atomic mass is 35.5. The zero-order valence-corrected chi connectivity index (χ0v) is 22.2. The molecule has 0 spiro atoms. The molecule has 1 N–H and O–H groups in total. The third kappa shape index (κ3) is 5.49. The number of ketones is 1.